The van der Waals surface area contributed by atoms with Gasteiger partial charge in [-0.3, -0.25) is 0 Å². The molecular formula is C28H40N2OS. The summed E-state index contributed by atoms with van der Waals surface area (Å²) in [5, 5.41) is 13.5. The number of unbranched alkanes of at least 4 members (excludes halogenated alkanes) is 10. The molecule has 1 aromatic heterocycles. The number of aryl methyl sites for hydroxylation is 1. The summed E-state index contributed by atoms with van der Waals surface area (Å²) in [7, 11) is 0. The van der Waals surface area contributed by atoms with Crippen LogP contribution in [0.1, 0.15) is 95.9 Å². The van der Waals surface area contributed by atoms with E-state index < -0.39 is 0 Å². The maximum Gasteiger partial charge on any atom is 0.147 e. The van der Waals surface area contributed by atoms with Crippen LogP contribution in [0, 0.1) is 0 Å². The summed E-state index contributed by atoms with van der Waals surface area (Å²) >= 11 is 1.73. The summed E-state index contributed by atoms with van der Waals surface area (Å²) in [6, 6.07) is 13.0. The van der Waals surface area contributed by atoms with Crippen molar-refractivity contribution in [1.82, 2.24) is 10.2 Å². The Bertz CT molecular complexity index is 921. The summed E-state index contributed by atoms with van der Waals surface area (Å²) in [5.41, 5.74) is 1.16. The molecule has 0 saturated heterocycles. The molecule has 0 fully saturated rings. The van der Waals surface area contributed by atoms with Crippen LogP contribution in [0.2, 0.25) is 0 Å². The van der Waals surface area contributed by atoms with Crippen molar-refractivity contribution in [3.05, 3.63) is 41.4 Å². The highest BCUT2D eigenvalue weighted by Crippen LogP contribution is 2.29. The van der Waals surface area contributed by atoms with Crippen molar-refractivity contribution in [2.45, 2.75) is 97.3 Å². The van der Waals surface area contributed by atoms with E-state index >= 15 is 0 Å². The predicted octanol–water partition coefficient (Wildman–Crippen LogP) is 9.00. The molecule has 0 radical (unpaired) electrons. The molecule has 0 unspecified atom stereocenters. The lowest BCUT2D eigenvalue weighted by Gasteiger charge is -2.08. The third-order valence-corrected chi connectivity index (χ3v) is 7.07. The molecule has 174 valence electrons. The topological polar surface area (TPSA) is 35.0 Å². The van der Waals surface area contributed by atoms with Crippen molar-refractivity contribution in [1.29, 1.82) is 0 Å². The molecule has 4 heteroatoms. The number of nitrogens with zero attached hydrogens (tertiary/aromatic N) is 2. The fraction of sp³-hybridized carbons (Fsp3) is 0.571. The van der Waals surface area contributed by atoms with Crippen LogP contribution in [-0.2, 0) is 6.42 Å². The minimum atomic E-state index is 0.810. The fourth-order valence-electron chi connectivity index (χ4n) is 4.05. The number of hydrogen-bond acceptors (Lipinski definition) is 4. The quantitative estimate of drug-likeness (QED) is 0.203. The molecule has 0 saturated carbocycles. The Kier molecular flexibility index (Phi) is 11.0. The second-order valence-corrected chi connectivity index (χ2v) is 9.92. The second-order valence-electron chi connectivity index (χ2n) is 8.86. The van der Waals surface area contributed by atoms with Crippen molar-refractivity contribution in [2.75, 3.05) is 6.61 Å². The average Bonchev–Trinajstić information content (AvgIpc) is 3.29. The Hall–Kier alpha value is -1.94. The fourth-order valence-corrected chi connectivity index (χ4v) is 4.92. The van der Waals surface area contributed by atoms with Gasteiger partial charge in [0.25, 0.3) is 0 Å². The van der Waals surface area contributed by atoms with Crippen LogP contribution < -0.4 is 4.74 Å². The summed E-state index contributed by atoms with van der Waals surface area (Å²) < 4.78 is 6.01. The molecule has 0 atom stereocenters. The van der Waals surface area contributed by atoms with E-state index in [4.69, 9.17) is 4.74 Å². The van der Waals surface area contributed by atoms with Gasteiger partial charge in [0.15, 0.2) is 0 Å². The second kappa shape index (κ2) is 14.3. The van der Waals surface area contributed by atoms with Crippen LogP contribution in [0.15, 0.2) is 36.4 Å². The largest absolute Gasteiger partial charge is 0.494 e. The van der Waals surface area contributed by atoms with Gasteiger partial charge < -0.3 is 4.74 Å². The lowest BCUT2D eigenvalue weighted by Crippen LogP contribution is -1.97. The molecule has 0 aliphatic heterocycles. The molecule has 3 aromatic rings. The average molecular weight is 453 g/mol. The molecular weight excluding hydrogens is 412 g/mol. The minimum Gasteiger partial charge on any atom is -0.494 e. The highest BCUT2D eigenvalue weighted by atomic mass is 32.1. The Labute approximate surface area is 198 Å². The highest BCUT2D eigenvalue weighted by molar-refractivity contribution is 7.14. The molecule has 0 aliphatic carbocycles. The smallest absolute Gasteiger partial charge is 0.147 e. The molecule has 32 heavy (non-hydrogen) atoms. The molecule has 3 rings (SSSR count). The maximum atomic E-state index is 6.01. The van der Waals surface area contributed by atoms with E-state index in [9.17, 15) is 0 Å². The van der Waals surface area contributed by atoms with Crippen molar-refractivity contribution < 1.29 is 4.74 Å². The normalized spacial score (nSPS) is 11.3. The molecule has 0 amide bonds. The van der Waals surface area contributed by atoms with Crippen LogP contribution in [0.4, 0.5) is 0 Å². The van der Waals surface area contributed by atoms with Crippen molar-refractivity contribution in [2.24, 2.45) is 0 Å². The van der Waals surface area contributed by atoms with Gasteiger partial charge >= 0.3 is 0 Å². The van der Waals surface area contributed by atoms with E-state index in [1.54, 1.807) is 11.3 Å². The molecule has 0 bridgehead atoms. The lowest BCUT2D eigenvalue weighted by atomic mass is 10.1. The number of ether oxygens (including phenoxy) is 1. The van der Waals surface area contributed by atoms with Crippen molar-refractivity contribution in [3.63, 3.8) is 0 Å². The predicted molar refractivity (Wildman–Crippen MR) is 139 cm³/mol. The van der Waals surface area contributed by atoms with Gasteiger partial charge in [0, 0.05) is 12.0 Å². The first kappa shape index (κ1) is 24.7. The molecule has 2 aromatic carbocycles. The maximum absolute atomic E-state index is 6.01. The molecule has 1 heterocycles. The van der Waals surface area contributed by atoms with E-state index in [1.165, 1.54) is 81.4 Å². The van der Waals surface area contributed by atoms with Crippen molar-refractivity contribution >= 4 is 22.1 Å². The number of rotatable bonds is 16. The Morgan fingerprint density at radius 3 is 2.12 bits per heavy atom. The summed E-state index contributed by atoms with van der Waals surface area (Å²) in [6.07, 6.45) is 16.7. The standard InChI is InChI=1S/C28H40N2OS/c1-3-5-7-9-10-11-12-14-20-31-26-19-18-23-21-25(17-16-24(23)22-26)28-30-29-27(32-28)15-13-8-6-4-2/h16-19,21-22H,3-15,20H2,1-2H3. The molecule has 3 nitrogen and oxygen atoms in total. The van der Waals surface area contributed by atoms with Gasteiger partial charge in [-0.2, -0.15) is 0 Å². The SMILES string of the molecule is CCCCCCCCCCOc1ccc2cc(-c3nnc(CCCCCC)s3)ccc2c1. The third-order valence-electron chi connectivity index (χ3n) is 6.04. The van der Waals surface area contributed by atoms with E-state index in [0.717, 1.165) is 40.8 Å². The zero-order valence-corrected chi connectivity index (χ0v) is 20.9. The van der Waals surface area contributed by atoms with Crippen LogP contribution in [0.3, 0.4) is 0 Å². The van der Waals surface area contributed by atoms with E-state index in [1.807, 2.05) is 0 Å². The van der Waals surface area contributed by atoms with Gasteiger partial charge in [0.2, 0.25) is 0 Å². The summed E-state index contributed by atoms with van der Waals surface area (Å²) in [4.78, 5) is 0. The van der Waals surface area contributed by atoms with Gasteiger partial charge in [-0.05, 0) is 41.8 Å². The number of fused-ring (bicyclic) bond motifs is 1. The van der Waals surface area contributed by atoms with Crippen LogP contribution in [0.25, 0.3) is 21.3 Å². The number of aromatic nitrogens is 2. The minimum absolute atomic E-state index is 0.810. The molecule has 0 N–H and O–H groups in total. The van der Waals surface area contributed by atoms with Crippen LogP contribution in [-0.4, -0.2) is 16.8 Å². The van der Waals surface area contributed by atoms with Crippen molar-refractivity contribution in [3.8, 4) is 16.3 Å². The monoisotopic (exact) mass is 452 g/mol. The van der Waals surface area contributed by atoms with Gasteiger partial charge in [-0.15, -0.1) is 10.2 Å². The van der Waals surface area contributed by atoms with Gasteiger partial charge in [0.1, 0.15) is 15.8 Å². The van der Waals surface area contributed by atoms with E-state index in [2.05, 4.69) is 60.4 Å². The Balaban J connectivity index is 1.45. The van der Waals surface area contributed by atoms with E-state index in [0.29, 0.717) is 0 Å². The first-order valence-corrected chi connectivity index (χ1v) is 13.6. The third kappa shape index (κ3) is 8.20. The van der Waals surface area contributed by atoms with E-state index in [-0.39, 0.29) is 0 Å². The molecule has 0 spiro atoms. The number of hydrogen-bond donors (Lipinski definition) is 0. The Morgan fingerprint density at radius 1 is 0.688 bits per heavy atom. The Morgan fingerprint density at radius 2 is 1.34 bits per heavy atom. The van der Waals surface area contributed by atoms with Crippen LogP contribution in [0.5, 0.6) is 5.75 Å². The van der Waals surface area contributed by atoms with Gasteiger partial charge in [-0.25, -0.2) is 0 Å². The number of benzene rings is 2. The van der Waals surface area contributed by atoms with Gasteiger partial charge in [-0.1, -0.05) is 108 Å². The van der Waals surface area contributed by atoms with Gasteiger partial charge in [0.05, 0.1) is 6.61 Å². The zero-order chi connectivity index (χ0) is 22.4. The first-order valence-electron chi connectivity index (χ1n) is 12.8. The zero-order valence-electron chi connectivity index (χ0n) is 20.1. The summed E-state index contributed by atoms with van der Waals surface area (Å²) in [5.74, 6) is 0.971. The highest BCUT2D eigenvalue weighted by Gasteiger charge is 2.08. The van der Waals surface area contributed by atoms with Crippen LogP contribution >= 0.6 is 11.3 Å². The lowest BCUT2D eigenvalue weighted by molar-refractivity contribution is 0.304. The summed E-state index contributed by atoms with van der Waals surface area (Å²) in [6.45, 7) is 5.33. The first-order chi connectivity index (χ1) is 15.8. The molecule has 0 aliphatic rings.